The number of urea groups is 1. The van der Waals surface area contributed by atoms with Gasteiger partial charge in [-0.25, -0.2) is 9.59 Å². The molecule has 0 aromatic carbocycles. The lowest BCUT2D eigenvalue weighted by molar-refractivity contribution is -0.145. The fraction of sp³-hybridized carbons (Fsp3) is 0.750. The number of hydrogen-bond donors (Lipinski definition) is 4. The highest BCUT2D eigenvalue weighted by atomic mass is 16.4. The van der Waals surface area contributed by atoms with Crippen molar-refractivity contribution >= 4 is 18.0 Å². The molecule has 1 atom stereocenters. The lowest BCUT2D eigenvalue weighted by Gasteiger charge is -2.38. The van der Waals surface area contributed by atoms with Gasteiger partial charge in [0.2, 0.25) is 0 Å². The molecule has 1 fully saturated rings. The number of nitrogens with one attached hydrogen (secondary N) is 1. The number of aliphatic carboxylic acids is 2. The Hall–Kier alpha value is -1.83. The summed E-state index contributed by atoms with van der Waals surface area (Å²) in [6.45, 7) is 0.264. The van der Waals surface area contributed by atoms with Crippen molar-refractivity contribution in [3.05, 3.63) is 0 Å². The average molecular weight is 288 g/mol. The molecule has 1 saturated carbocycles. The van der Waals surface area contributed by atoms with Gasteiger partial charge in [0.05, 0.1) is 6.42 Å². The Bertz CT molecular complexity index is 369. The smallest absolute Gasteiger partial charge is 0.326 e. The fourth-order valence-corrected chi connectivity index (χ4v) is 2.00. The Morgan fingerprint density at radius 1 is 1.25 bits per heavy atom. The first-order valence-electron chi connectivity index (χ1n) is 6.58. The standard InChI is InChI=1S/C12H20N2O6/c15-6-2-5-14(8-3-1-4-8)12(20)13-9(11(18)19)7-10(16)17/h8-9,15H,1-7H2,(H,13,20)(H,16,17)(H,18,19)/t9-/m1/s1. The number of aliphatic hydroxyl groups is 1. The number of hydrogen-bond acceptors (Lipinski definition) is 4. The van der Waals surface area contributed by atoms with Gasteiger partial charge in [-0.05, 0) is 25.7 Å². The molecule has 0 heterocycles. The third-order valence-corrected chi connectivity index (χ3v) is 3.31. The van der Waals surface area contributed by atoms with Crippen molar-refractivity contribution in [2.45, 2.75) is 44.2 Å². The Morgan fingerprint density at radius 3 is 2.30 bits per heavy atom. The summed E-state index contributed by atoms with van der Waals surface area (Å²) >= 11 is 0. The van der Waals surface area contributed by atoms with E-state index in [1.807, 2.05) is 0 Å². The van der Waals surface area contributed by atoms with E-state index < -0.39 is 30.4 Å². The van der Waals surface area contributed by atoms with Crippen molar-refractivity contribution in [3.63, 3.8) is 0 Å². The maximum Gasteiger partial charge on any atom is 0.326 e. The number of aliphatic hydroxyl groups excluding tert-OH is 1. The van der Waals surface area contributed by atoms with E-state index in [-0.39, 0.29) is 12.6 Å². The molecule has 0 aliphatic heterocycles. The predicted octanol–water partition coefficient (Wildman–Crippen LogP) is -0.139. The topological polar surface area (TPSA) is 127 Å². The normalized spacial score (nSPS) is 16.1. The molecule has 8 nitrogen and oxygen atoms in total. The zero-order valence-electron chi connectivity index (χ0n) is 11.1. The largest absolute Gasteiger partial charge is 0.481 e. The number of nitrogens with zero attached hydrogens (tertiary/aromatic N) is 1. The average Bonchev–Trinajstić information content (AvgIpc) is 2.30. The molecule has 8 heteroatoms. The minimum Gasteiger partial charge on any atom is -0.481 e. The third kappa shape index (κ3) is 4.69. The van der Waals surface area contributed by atoms with Crippen LogP contribution < -0.4 is 5.32 Å². The van der Waals surface area contributed by atoms with E-state index in [1.165, 1.54) is 4.90 Å². The molecule has 0 spiro atoms. The second-order valence-corrected chi connectivity index (χ2v) is 4.79. The third-order valence-electron chi connectivity index (χ3n) is 3.31. The second kappa shape index (κ2) is 7.68. The fourth-order valence-electron chi connectivity index (χ4n) is 2.00. The molecule has 0 radical (unpaired) electrons. The molecule has 1 aliphatic carbocycles. The van der Waals surface area contributed by atoms with Crippen molar-refractivity contribution in [2.75, 3.05) is 13.2 Å². The number of carboxylic acids is 2. The van der Waals surface area contributed by atoms with E-state index in [2.05, 4.69) is 5.32 Å². The first-order chi connectivity index (χ1) is 9.45. The molecule has 0 bridgehead atoms. The lowest BCUT2D eigenvalue weighted by atomic mass is 9.91. The van der Waals surface area contributed by atoms with Gasteiger partial charge in [-0.3, -0.25) is 4.79 Å². The summed E-state index contributed by atoms with van der Waals surface area (Å²) in [5.74, 6) is -2.67. The van der Waals surface area contributed by atoms with E-state index in [0.717, 1.165) is 19.3 Å². The summed E-state index contributed by atoms with van der Waals surface area (Å²) in [6.07, 6.45) is 2.43. The van der Waals surface area contributed by atoms with Crippen LogP contribution in [0.3, 0.4) is 0 Å². The zero-order valence-corrected chi connectivity index (χ0v) is 11.1. The highest BCUT2D eigenvalue weighted by Gasteiger charge is 2.31. The van der Waals surface area contributed by atoms with Gasteiger partial charge < -0.3 is 25.5 Å². The van der Waals surface area contributed by atoms with Gasteiger partial charge in [0, 0.05) is 19.2 Å². The van der Waals surface area contributed by atoms with Crippen LogP contribution in [0.4, 0.5) is 4.79 Å². The molecule has 114 valence electrons. The summed E-state index contributed by atoms with van der Waals surface area (Å²) in [5, 5.41) is 28.6. The molecular weight excluding hydrogens is 268 g/mol. The summed E-state index contributed by atoms with van der Waals surface area (Å²) in [7, 11) is 0. The van der Waals surface area contributed by atoms with Gasteiger partial charge in [-0.2, -0.15) is 0 Å². The van der Waals surface area contributed by atoms with Crippen molar-refractivity contribution in [1.29, 1.82) is 0 Å². The Kier molecular flexibility index (Phi) is 6.23. The Morgan fingerprint density at radius 2 is 1.90 bits per heavy atom. The van der Waals surface area contributed by atoms with Crippen LogP contribution in [0.1, 0.15) is 32.1 Å². The first kappa shape index (κ1) is 16.2. The molecule has 0 saturated heterocycles. The van der Waals surface area contributed by atoms with Crippen LogP contribution in [0, 0.1) is 0 Å². The molecule has 2 amide bonds. The second-order valence-electron chi connectivity index (χ2n) is 4.79. The lowest BCUT2D eigenvalue weighted by Crippen LogP contribution is -2.53. The van der Waals surface area contributed by atoms with E-state index in [0.29, 0.717) is 13.0 Å². The van der Waals surface area contributed by atoms with Gasteiger partial charge in [0.25, 0.3) is 0 Å². The molecule has 0 aromatic rings. The molecule has 20 heavy (non-hydrogen) atoms. The quantitative estimate of drug-likeness (QED) is 0.492. The first-order valence-corrected chi connectivity index (χ1v) is 6.58. The van der Waals surface area contributed by atoms with Gasteiger partial charge in [-0.1, -0.05) is 0 Å². The van der Waals surface area contributed by atoms with E-state index in [4.69, 9.17) is 15.3 Å². The van der Waals surface area contributed by atoms with Crippen molar-refractivity contribution in [1.82, 2.24) is 10.2 Å². The minimum atomic E-state index is -1.45. The number of carboxylic acid groups (broad SMARTS) is 2. The summed E-state index contributed by atoms with van der Waals surface area (Å²) < 4.78 is 0. The van der Waals surface area contributed by atoms with Crippen molar-refractivity contribution in [3.8, 4) is 0 Å². The maximum absolute atomic E-state index is 12.1. The highest BCUT2D eigenvalue weighted by Crippen LogP contribution is 2.25. The van der Waals surface area contributed by atoms with E-state index in [1.54, 1.807) is 0 Å². The van der Waals surface area contributed by atoms with Crippen LogP contribution in [0.2, 0.25) is 0 Å². The highest BCUT2D eigenvalue weighted by molar-refractivity contribution is 5.86. The number of carbonyl (C=O) groups is 3. The molecular formula is C12H20N2O6. The number of amides is 2. The Balaban J connectivity index is 2.62. The molecule has 4 N–H and O–H groups in total. The summed E-state index contributed by atoms with van der Waals surface area (Å²) in [6, 6.07) is -1.99. The molecule has 0 aromatic heterocycles. The van der Waals surface area contributed by atoms with Crippen molar-refractivity contribution in [2.24, 2.45) is 0 Å². The number of rotatable bonds is 8. The van der Waals surface area contributed by atoms with Crippen LogP contribution in [0.5, 0.6) is 0 Å². The Labute approximate surface area is 116 Å². The monoisotopic (exact) mass is 288 g/mol. The zero-order chi connectivity index (χ0) is 15.1. The van der Waals surface area contributed by atoms with Crippen LogP contribution in [0.25, 0.3) is 0 Å². The van der Waals surface area contributed by atoms with Crippen LogP contribution in [-0.4, -0.2) is 63.4 Å². The number of carbonyl (C=O) groups excluding carboxylic acids is 1. The van der Waals surface area contributed by atoms with Crippen LogP contribution in [-0.2, 0) is 9.59 Å². The van der Waals surface area contributed by atoms with Crippen LogP contribution >= 0.6 is 0 Å². The van der Waals surface area contributed by atoms with Crippen LogP contribution in [0.15, 0.2) is 0 Å². The van der Waals surface area contributed by atoms with Gasteiger partial charge in [0.15, 0.2) is 0 Å². The maximum atomic E-state index is 12.1. The molecule has 1 aliphatic rings. The summed E-state index contributed by atoms with van der Waals surface area (Å²) in [5.41, 5.74) is 0. The van der Waals surface area contributed by atoms with Gasteiger partial charge >= 0.3 is 18.0 Å². The van der Waals surface area contributed by atoms with Gasteiger partial charge in [0.1, 0.15) is 6.04 Å². The van der Waals surface area contributed by atoms with E-state index in [9.17, 15) is 14.4 Å². The predicted molar refractivity (Wildman–Crippen MR) is 68.3 cm³/mol. The summed E-state index contributed by atoms with van der Waals surface area (Å²) in [4.78, 5) is 35.0. The van der Waals surface area contributed by atoms with Gasteiger partial charge in [-0.15, -0.1) is 0 Å². The molecule has 0 unspecified atom stereocenters. The van der Waals surface area contributed by atoms with E-state index >= 15 is 0 Å². The SMILES string of the molecule is O=C(O)C[C@@H](NC(=O)N(CCCO)C1CCC1)C(=O)O. The molecule has 1 rings (SSSR count). The van der Waals surface area contributed by atoms with Crippen molar-refractivity contribution < 1.29 is 29.7 Å². The minimum absolute atomic E-state index is 0.0424.